The van der Waals surface area contributed by atoms with E-state index in [1.54, 1.807) is 42.2 Å². The first kappa shape index (κ1) is 26.5. The fourth-order valence-corrected chi connectivity index (χ4v) is 6.31. The summed E-state index contributed by atoms with van der Waals surface area (Å²) in [7, 11) is 0. The molecule has 2 fully saturated rings. The topological polar surface area (TPSA) is 57.3 Å². The molecule has 1 aromatic heterocycles. The fraction of sp³-hybridized carbons (Fsp3) is 0.333. The van der Waals surface area contributed by atoms with Gasteiger partial charge in [-0.05, 0) is 78.4 Å². The lowest BCUT2D eigenvalue weighted by Crippen LogP contribution is -2.43. The zero-order valence-corrected chi connectivity index (χ0v) is 22.0. The number of pyridine rings is 1. The van der Waals surface area contributed by atoms with Gasteiger partial charge in [0.25, 0.3) is 0 Å². The second-order valence-electron chi connectivity index (χ2n) is 9.70. The van der Waals surface area contributed by atoms with Gasteiger partial charge in [0.2, 0.25) is 5.91 Å². The number of piperidine rings is 1. The van der Waals surface area contributed by atoms with Crippen molar-refractivity contribution in [2.24, 2.45) is 0 Å². The third-order valence-electron chi connectivity index (χ3n) is 7.12. The molecule has 38 heavy (non-hydrogen) atoms. The molecule has 5 nitrogen and oxygen atoms in total. The highest BCUT2D eigenvalue weighted by Gasteiger charge is 2.30. The summed E-state index contributed by atoms with van der Waals surface area (Å²) in [5.74, 6) is 0.262. The van der Waals surface area contributed by atoms with Gasteiger partial charge in [0, 0.05) is 37.8 Å². The maximum Gasteiger partial charge on any atom is 0.238 e. The summed E-state index contributed by atoms with van der Waals surface area (Å²) in [4.78, 5) is 19.2. The summed E-state index contributed by atoms with van der Waals surface area (Å²) in [5.41, 5.74) is 5.37. The molecule has 198 valence electrons. The number of benzene rings is 2. The van der Waals surface area contributed by atoms with Crippen molar-refractivity contribution in [2.45, 2.75) is 30.7 Å². The molecule has 0 aliphatic carbocycles. The molecule has 2 aromatic carbocycles. The third kappa shape index (κ3) is 6.67. The van der Waals surface area contributed by atoms with Gasteiger partial charge in [0.1, 0.15) is 11.6 Å². The minimum absolute atomic E-state index is 0.0518. The number of nitrogens with one attached hydrogen (secondary N) is 2. The SMILES string of the molecule is O=C(NCCCN1CCC(=C(c2ccc(F)cc2)c2ccc(F)cc2)CC1)C1CSC(c2cccnc2)N1. The van der Waals surface area contributed by atoms with Crippen molar-refractivity contribution in [3.05, 3.63) is 107 Å². The summed E-state index contributed by atoms with van der Waals surface area (Å²) in [6.07, 6.45) is 6.28. The van der Waals surface area contributed by atoms with Crippen LogP contribution in [-0.2, 0) is 4.79 Å². The van der Waals surface area contributed by atoms with Gasteiger partial charge in [0.05, 0.1) is 11.4 Å². The molecule has 5 rings (SSSR count). The lowest BCUT2D eigenvalue weighted by Gasteiger charge is -2.30. The lowest BCUT2D eigenvalue weighted by atomic mass is 9.88. The number of carbonyl (C=O) groups is 1. The van der Waals surface area contributed by atoms with Crippen molar-refractivity contribution in [1.29, 1.82) is 0 Å². The van der Waals surface area contributed by atoms with Gasteiger partial charge in [-0.3, -0.25) is 15.1 Å². The highest BCUT2D eigenvalue weighted by atomic mass is 32.2. The largest absolute Gasteiger partial charge is 0.355 e. The van der Waals surface area contributed by atoms with Gasteiger partial charge < -0.3 is 10.2 Å². The molecule has 2 aliphatic heterocycles. The molecule has 2 N–H and O–H groups in total. The van der Waals surface area contributed by atoms with E-state index in [1.807, 2.05) is 18.3 Å². The Bertz CT molecular complexity index is 1190. The first-order valence-corrected chi connectivity index (χ1v) is 14.1. The highest BCUT2D eigenvalue weighted by Crippen LogP contribution is 2.33. The first-order chi connectivity index (χ1) is 18.6. The molecule has 1 amide bonds. The molecule has 2 aliphatic rings. The van der Waals surface area contributed by atoms with Crippen molar-refractivity contribution in [3.63, 3.8) is 0 Å². The highest BCUT2D eigenvalue weighted by molar-refractivity contribution is 7.99. The summed E-state index contributed by atoms with van der Waals surface area (Å²) in [6, 6.07) is 16.8. The Morgan fingerprint density at radius 2 is 1.66 bits per heavy atom. The summed E-state index contributed by atoms with van der Waals surface area (Å²) < 4.78 is 27.1. The Labute approximate surface area is 226 Å². The number of likely N-dealkylation sites (tertiary alicyclic amines) is 1. The van der Waals surface area contributed by atoms with E-state index in [2.05, 4.69) is 20.5 Å². The number of nitrogens with zero attached hydrogens (tertiary/aromatic N) is 2. The second kappa shape index (κ2) is 12.7. The monoisotopic (exact) mass is 534 g/mol. The predicted octanol–water partition coefficient (Wildman–Crippen LogP) is 5.17. The van der Waals surface area contributed by atoms with E-state index >= 15 is 0 Å². The normalized spacial score (nSPS) is 19.9. The van der Waals surface area contributed by atoms with Gasteiger partial charge in [0.15, 0.2) is 0 Å². The quantitative estimate of drug-likeness (QED) is 0.391. The van der Waals surface area contributed by atoms with Crippen LogP contribution in [0.5, 0.6) is 0 Å². The minimum Gasteiger partial charge on any atom is -0.355 e. The second-order valence-corrected chi connectivity index (χ2v) is 10.8. The summed E-state index contributed by atoms with van der Waals surface area (Å²) in [5, 5.41) is 6.59. The van der Waals surface area contributed by atoms with Gasteiger partial charge in [-0.15, -0.1) is 11.8 Å². The molecule has 0 saturated carbocycles. The van der Waals surface area contributed by atoms with E-state index in [-0.39, 0.29) is 29.0 Å². The van der Waals surface area contributed by atoms with Crippen molar-refractivity contribution in [3.8, 4) is 0 Å². The van der Waals surface area contributed by atoms with Crippen LogP contribution in [0, 0.1) is 11.6 Å². The maximum atomic E-state index is 13.6. The summed E-state index contributed by atoms with van der Waals surface area (Å²) in [6.45, 7) is 3.40. The van der Waals surface area contributed by atoms with E-state index in [9.17, 15) is 13.6 Å². The van der Waals surface area contributed by atoms with Crippen LogP contribution in [-0.4, -0.2) is 53.8 Å². The van der Waals surface area contributed by atoms with Crippen LogP contribution in [0.1, 0.15) is 41.3 Å². The Morgan fingerprint density at radius 3 is 2.26 bits per heavy atom. The molecule has 3 aromatic rings. The minimum atomic E-state index is -0.269. The Hall–Kier alpha value is -3.07. The van der Waals surface area contributed by atoms with Crippen molar-refractivity contribution < 1.29 is 13.6 Å². The van der Waals surface area contributed by atoms with Crippen molar-refractivity contribution in [2.75, 3.05) is 31.9 Å². The maximum absolute atomic E-state index is 13.6. The molecule has 2 saturated heterocycles. The average Bonchev–Trinajstić information content (AvgIpc) is 3.45. The van der Waals surface area contributed by atoms with E-state index in [0.717, 1.165) is 66.9 Å². The van der Waals surface area contributed by atoms with Gasteiger partial charge in [-0.1, -0.05) is 35.9 Å². The Kier molecular flexibility index (Phi) is 8.83. The van der Waals surface area contributed by atoms with Gasteiger partial charge in [-0.25, -0.2) is 8.78 Å². The number of halogens is 2. The van der Waals surface area contributed by atoms with Gasteiger partial charge >= 0.3 is 0 Å². The molecule has 0 radical (unpaired) electrons. The number of amides is 1. The van der Waals surface area contributed by atoms with Gasteiger partial charge in [-0.2, -0.15) is 0 Å². The summed E-state index contributed by atoms with van der Waals surface area (Å²) >= 11 is 1.73. The molecular weight excluding hydrogens is 502 g/mol. The van der Waals surface area contributed by atoms with E-state index < -0.39 is 0 Å². The van der Waals surface area contributed by atoms with E-state index in [0.29, 0.717) is 6.54 Å². The van der Waals surface area contributed by atoms with Crippen LogP contribution in [0.4, 0.5) is 8.78 Å². The smallest absolute Gasteiger partial charge is 0.238 e. The van der Waals surface area contributed by atoms with E-state index in [4.69, 9.17) is 0 Å². The Morgan fingerprint density at radius 1 is 1.00 bits per heavy atom. The van der Waals surface area contributed by atoms with Crippen LogP contribution in [0.15, 0.2) is 78.6 Å². The molecule has 8 heteroatoms. The lowest BCUT2D eigenvalue weighted by molar-refractivity contribution is -0.122. The Balaban J connectivity index is 1.11. The zero-order valence-electron chi connectivity index (χ0n) is 21.2. The predicted molar refractivity (Wildman–Crippen MR) is 148 cm³/mol. The number of thioether (sulfide) groups is 1. The number of carbonyl (C=O) groups excluding carboxylic acids is 1. The van der Waals surface area contributed by atoms with Crippen LogP contribution in [0.3, 0.4) is 0 Å². The molecule has 3 heterocycles. The average molecular weight is 535 g/mol. The molecule has 0 bridgehead atoms. The van der Waals surface area contributed by atoms with Crippen LogP contribution in [0.25, 0.3) is 5.57 Å². The number of hydrogen-bond acceptors (Lipinski definition) is 5. The molecule has 2 atom stereocenters. The zero-order chi connectivity index (χ0) is 26.3. The van der Waals surface area contributed by atoms with E-state index in [1.165, 1.54) is 29.8 Å². The molecule has 2 unspecified atom stereocenters. The van der Waals surface area contributed by atoms with Crippen molar-refractivity contribution in [1.82, 2.24) is 20.5 Å². The fourth-order valence-electron chi connectivity index (χ4n) is 5.09. The van der Waals surface area contributed by atoms with Crippen LogP contribution in [0.2, 0.25) is 0 Å². The van der Waals surface area contributed by atoms with Crippen LogP contribution >= 0.6 is 11.8 Å². The molecule has 0 spiro atoms. The first-order valence-electron chi connectivity index (χ1n) is 13.1. The number of hydrogen-bond donors (Lipinski definition) is 2. The third-order valence-corrected chi connectivity index (χ3v) is 8.38. The standard InChI is InChI=1S/C30H32F2N4OS/c31-25-8-4-21(5-9-25)28(22-6-10-26(32)11-7-22)23-12-17-36(18-13-23)16-2-15-34-29(37)27-20-38-30(35-27)24-3-1-14-33-19-24/h1,3-11,14,19,27,30,35H,2,12-13,15-18,20H2,(H,34,37). The number of aromatic nitrogens is 1. The molecular formula is C30H32F2N4OS. The van der Waals surface area contributed by atoms with Crippen molar-refractivity contribution >= 4 is 23.2 Å². The number of rotatable bonds is 8. The van der Waals surface area contributed by atoms with Crippen LogP contribution < -0.4 is 10.6 Å².